The summed E-state index contributed by atoms with van der Waals surface area (Å²) in [6.45, 7) is 5.83. The summed E-state index contributed by atoms with van der Waals surface area (Å²) in [6.07, 6.45) is 0. The van der Waals surface area contributed by atoms with Gasteiger partial charge in [0.15, 0.2) is 0 Å². The first-order chi connectivity index (χ1) is 3.79. The van der Waals surface area contributed by atoms with E-state index in [0.717, 1.165) is 5.56 Å². The van der Waals surface area contributed by atoms with Gasteiger partial charge in [-0.25, -0.2) is 0 Å². The van der Waals surface area contributed by atoms with Crippen molar-refractivity contribution < 1.29 is 19.5 Å². The van der Waals surface area contributed by atoms with Gasteiger partial charge in [-0.15, -0.1) is 24.5 Å². The minimum atomic E-state index is 0. The van der Waals surface area contributed by atoms with Crippen LogP contribution < -0.4 is 0 Å². The van der Waals surface area contributed by atoms with Crippen molar-refractivity contribution >= 4 is 12.4 Å². The molecule has 0 bridgehead atoms. The molecule has 0 amide bonds. The molecule has 0 heterocycles. The molecule has 0 fully saturated rings. The molecule has 0 radical (unpaired) electrons. The molecule has 0 aliphatic rings. The molecule has 1 aromatic carbocycles. The Balaban J connectivity index is 0. The Bertz CT molecular complexity index is 148. The first-order valence-corrected chi connectivity index (χ1v) is 2.67. The molecular formula is C8H10ClZn-. The molecule has 0 saturated heterocycles. The maximum atomic E-state index is 3.76. The molecule has 0 nitrogen and oxygen atoms in total. The number of hydrogen-bond acceptors (Lipinski definition) is 0. The van der Waals surface area contributed by atoms with E-state index in [1.807, 2.05) is 12.1 Å². The van der Waals surface area contributed by atoms with Crippen LogP contribution in [0.1, 0.15) is 11.1 Å². The molecular weight excluding hydrogens is 197 g/mol. The fourth-order valence-corrected chi connectivity index (χ4v) is 0.588. The van der Waals surface area contributed by atoms with Gasteiger partial charge >= 0.3 is 0 Å². The quantitative estimate of drug-likeness (QED) is 0.453. The molecule has 1 aromatic rings. The molecule has 10 heavy (non-hydrogen) atoms. The smallest absolute Gasteiger partial charge is 0 e. The van der Waals surface area contributed by atoms with Crippen LogP contribution in [0.3, 0.4) is 0 Å². The largest absolute Gasteiger partial charge is 0.199 e. The number of aryl methyl sites for hydroxylation is 1. The van der Waals surface area contributed by atoms with Crippen LogP contribution in [-0.2, 0) is 19.5 Å². The Morgan fingerprint density at radius 2 is 1.50 bits per heavy atom. The first kappa shape index (κ1) is 12.7. The van der Waals surface area contributed by atoms with Crippen molar-refractivity contribution in [2.75, 3.05) is 0 Å². The van der Waals surface area contributed by atoms with Gasteiger partial charge in [0, 0.05) is 19.5 Å². The molecule has 0 N–H and O–H groups in total. The van der Waals surface area contributed by atoms with E-state index >= 15 is 0 Å². The topological polar surface area (TPSA) is 0 Å². The second-order valence-electron chi connectivity index (χ2n) is 1.99. The van der Waals surface area contributed by atoms with E-state index in [0.29, 0.717) is 0 Å². The predicted molar refractivity (Wildman–Crippen MR) is 42.9 cm³/mol. The van der Waals surface area contributed by atoms with Gasteiger partial charge in [-0.05, 0) is 6.92 Å². The van der Waals surface area contributed by atoms with Crippen LogP contribution in [0, 0.1) is 13.8 Å². The van der Waals surface area contributed by atoms with Crippen LogP contribution in [0.5, 0.6) is 0 Å². The van der Waals surface area contributed by atoms with Crippen molar-refractivity contribution in [3.05, 3.63) is 42.3 Å². The van der Waals surface area contributed by atoms with E-state index < -0.39 is 0 Å². The summed E-state index contributed by atoms with van der Waals surface area (Å²) in [6, 6.07) is 8.13. The first-order valence-electron chi connectivity index (χ1n) is 2.67. The van der Waals surface area contributed by atoms with Gasteiger partial charge < -0.3 is 0 Å². The second-order valence-corrected chi connectivity index (χ2v) is 1.99. The minimum Gasteiger partial charge on any atom is -0.199 e. The summed E-state index contributed by atoms with van der Waals surface area (Å²) in [5.41, 5.74) is 2.37. The summed E-state index contributed by atoms with van der Waals surface area (Å²) in [5, 5.41) is 0. The van der Waals surface area contributed by atoms with Crippen LogP contribution >= 0.6 is 12.4 Å². The van der Waals surface area contributed by atoms with Crippen LogP contribution in [0.15, 0.2) is 24.3 Å². The molecule has 0 aliphatic heterocycles. The van der Waals surface area contributed by atoms with Crippen LogP contribution in [0.2, 0.25) is 0 Å². The standard InChI is InChI=1S/C8H9.ClH.Zn/c1-7-3-5-8(2)6-4-7;;/h3-6H,1H2,2H3;1H;/q-1;;. The predicted octanol–water partition coefficient (Wildman–Crippen LogP) is 2.60. The van der Waals surface area contributed by atoms with E-state index in [1.54, 1.807) is 0 Å². The van der Waals surface area contributed by atoms with E-state index in [9.17, 15) is 0 Å². The SMILES string of the molecule is Cl.[CH2-]c1ccc(C)cc1.[Zn]. The van der Waals surface area contributed by atoms with Crippen molar-refractivity contribution in [1.29, 1.82) is 0 Å². The van der Waals surface area contributed by atoms with Gasteiger partial charge in [-0.3, -0.25) is 0 Å². The molecule has 0 unspecified atom stereocenters. The minimum absolute atomic E-state index is 0. The fraction of sp³-hybridized carbons (Fsp3) is 0.125. The van der Waals surface area contributed by atoms with E-state index in [4.69, 9.17) is 0 Å². The summed E-state index contributed by atoms with van der Waals surface area (Å²) in [5.74, 6) is 0. The zero-order valence-electron chi connectivity index (χ0n) is 6.13. The Hall–Kier alpha value is 0.00338. The maximum Gasteiger partial charge on any atom is 0 e. The van der Waals surface area contributed by atoms with Gasteiger partial charge in [-0.2, -0.15) is 24.6 Å². The van der Waals surface area contributed by atoms with Crippen LogP contribution in [0.25, 0.3) is 0 Å². The Labute approximate surface area is 81.2 Å². The van der Waals surface area contributed by atoms with E-state index in [1.165, 1.54) is 5.56 Å². The monoisotopic (exact) mass is 205 g/mol. The second kappa shape index (κ2) is 5.76. The van der Waals surface area contributed by atoms with Crippen molar-refractivity contribution in [3.63, 3.8) is 0 Å². The molecule has 2 heteroatoms. The number of rotatable bonds is 0. The van der Waals surface area contributed by atoms with Gasteiger partial charge in [0.1, 0.15) is 0 Å². The maximum absolute atomic E-state index is 3.76. The van der Waals surface area contributed by atoms with Gasteiger partial charge in [0.2, 0.25) is 0 Å². The van der Waals surface area contributed by atoms with Gasteiger partial charge in [-0.1, -0.05) is 5.56 Å². The molecule has 0 spiro atoms. The fourth-order valence-electron chi connectivity index (χ4n) is 0.588. The normalized spacial score (nSPS) is 7.30. The molecule has 52 valence electrons. The van der Waals surface area contributed by atoms with Gasteiger partial charge in [0.25, 0.3) is 0 Å². The number of hydrogen-bond donors (Lipinski definition) is 0. The van der Waals surface area contributed by atoms with Crippen molar-refractivity contribution in [2.45, 2.75) is 6.92 Å². The molecule has 0 saturated carbocycles. The Morgan fingerprint density at radius 3 is 1.80 bits per heavy atom. The Morgan fingerprint density at radius 1 is 1.10 bits per heavy atom. The van der Waals surface area contributed by atoms with Crippen molar-refractivity contribution in [2.24, 2.45) is 0 Å². The van der Waals surface area contributed by atoms with E-state index in [-0.39, 0.29) is 31.9 Å². The van der Waals surface area contributed by atoms with Crippen molar-refractivity contribution in [3.8, 4) is 0 Å². The number of benzene rings is 1. The average molecular weight is 207 g/mol. The molecule has 1 rings (SSSR count). The van der Waals surface area contributed by atoms with Gasteiger partial charge in [0.05, 0.1) is 0 Å². The zero-order valence-corrected chi connectivity index (χ0v) is 9.92. The Kier molecular flexibility index (Phi) is 7.30. The third-order valence-corrected chi connectivity index (χ3v) is 1.12. The molecule has 0 atom stereocenters. The summed E-state index contributed by atoms with van der Waals surface area (Å²) in [4.78, 5) is 0. The summed E-state index contributed by atoms with van der Waals surface area (Å²) in [7, 11) is 0. The average Bonchev–Trinajstić information content (AvgIpc) is 1.77. The zero-order chi connectivity index (χ0) is 5.98. The molecule has 0 aliphatic carbocycles. The molecule has 0 aromatic heterocycles. The van der Waals surface area contributed by atoms with Crippen molar-refractivity contribution in [1.82, 2.24) is 0 Å². The third-order valence-electron chi connectivity index (χ3n) is 1.12. The summed E-state index contributed by atoms with van der Waals surface area (Å²) < 4.78 is 0. The third kappa shape index (κ3) is 3.92. The number of halogens is 1. The van der Waals surface area contributed by atoms with Crippen LogP contribution in [0.4, 0.5) is 0 Å². The van der Waals surface area contributed by atoms with Crippen LogP contribution in [-0.4, -0.2) is 0 Å². The van der Waals surface area contributed by atoms with E-state index in [2.05, 4.69) is 26.0 Å². The summed E-state index contributed by atoms with van der Waals surface area (Å²) >= 11 is 0.